The Balaban J connectivity index is 1.69. The van der Waals surface area contributed by atoms with Crippen LogP contribution in [-0.4, -0.2) is 42.0 Å². The lowest BCUT2D eigenvalue weighted by Gasteiger charge is -2.36. The zero-order valence-electron chi connectivity index (χ0n) is 14.4. The van der Waals surface area contributed by atoms with Gasteiger partial charge in [-0.2, -0.15) is 0 Å². The highest BCUT2D eigenvalue weighted by molar-refractivity contribution is 6.05. The van der Waals surface area contributed by atoms with E-state index < -0.39 is 0 Å². The highest BCUT2D eigenvalue weighted by Crippen LogP contribution is 2.16. The number of hydrogen-bond donors (Lipinski definition) is 1. The van der Waals surface area contributed by atoms with E-state index in [0.717, 1.165) is 5.69 Å². The molecule has 2 atom stereocenters. The van der Waals surface area contributed by atoms with Gasteiger partial charge in [-0.05, 0) is 50.2 Å². The molecule has 1 N–H and O–H groups in total. The largest absolute Gasteiger partial charge is 0.375 e. The van der Waals surface area contributed by atoms with Crippen molar-refractivity contribution in [1.82, 2.24) is 4.90 Å². The smallest absolute Gasteiger partial charge is 0.255 e. The number of benzene rings is 2. The van der Waals surface area contributed by atoms with Crippen molar-refractivity contribution in [2.75, 3.05) is 18.5 Å². The predicted octanol–water partition coefficient (Wildman–Crippen LogP) is 3.19. The fourth-order valence-corrected chi connectivity index (χ4v) is 2.84. The maximum atomic E-state index is 12.7. The fourth-order valence-electron chi connectivity index (χ4n) is 2.84. The lowest BCUT2D eigenvalue weighted by molar-refractivity contribution is -0.0387. The van der Waals surface area contributed by atoms with Crippen LogP contribution >= 0.6 is 0 Å². The van der Waals surface area contributed by atoms with Crippen LogP contribution in [0.5, 0.6) is 0 Å². The molecule has 1 heterocycles. The second-order valence-electron chi connectivity index (χ2n) is 6.35. The summed E-state index contributed by atoms with van der Waals surface area (Å²) in [6.45, 7) is 5.06. The van der Waals surface area contributed by atoms with Gasteiger partial charge in [-0.3, -0.25) is 9.59 Å². The molecule has 0 aromatic heterocycles. The zero-order valence-corrected chi connectivity index (χ0v) is 14.4. The lowest BCUT2D eigenvalue weighted by atomic mass is 10.1. The molecule has 1 aliphatic heterocycles. The molecule has 1 aliphatic rings. The van der Waals surface area contributed by atoms with Crippen LogP contribution in [0.15, 0.2) is 54.6 Å². The molecule has 2 amide bonds. The van der Waals surface area contributed by atoms with E-state index in [1.807, 2.05) is 49.1 Å². The van der Waals surface area contributed by atoms with Crippen LogP contribution in [0.3, 0.4) is 0 Å². The third kappa shape index (κ3) is 4.06. The van der Waals surface area contributed by atoms with E-state index in [4.69, 9.17) is 4.74 Å². The Morgan fingerprint density at radius 3 is 2.32 bits per heavy atom. The van der Waals surface area contributed by atoms with Gasteiger partial charge in [-0.15, -0.1) is 0 Å². The van der Waals surface area contributed by atoms with Gasteiger partial charge in [-0.25, -0.2) is 0 Å². The normalized spacial score (nSPS) is 20.2. The summed E-state index contributed by atoms with van der Waals surface area (Å²) >= 11 is 0. The van der Waals surface area contributed by atoms with Crippen LogP contribution in [0.1, 0.15) is 34.6 Å². The average Bonchev–Trinajstić information content (AvgIpc) is 2.64. The van der Waals surface area contributed by atoms with E-state index in [0.29, 0.717) is 24.3 Å². The zero-order chi connectivity index (χ0) is 17.8. The molecule has 3 rings (SSSR count). The van der Waals surface area contributed by atoms with Crippen molar-refractivity contribution in [3.8, 4) is 0 Å². The molecule has 0 unspecified atom stereocenters. The first kappa shape index (κ1) is 17.2. The molecule has 2 aromatic carbocycles. The molecule has 2 aromatic rings. The van der Waals surface area contributed by atoms with Crippen molar-refractivity contribution in [2.24, 2.45) is 0 Å². The molecule has 1 fully saturated rings. The summed E-state index contributed by atoms with van der Waals surface area (Å²) < 4.78 is 5.57. The van der Waals surface area contributed by atoms with Crippen LogP contribution in [0, 0.1) is 0 Å². The van der Waals surface area contributed by atoms with Gasteiger partial charge in [0.25, 0.3) is 11.8 Å². The van der Waals surface area contributed by atoms with Gasteiger partial charge in [0.2, 0.25) is 0 Å². The Bertz CT molecular complexity index is 743. The van der Waals surface area contributed by atoms with E-state index in [1.54, 1.807) is 24.3 Å². The van der Waals surface area contributed by atoms with E-state index in [-0.39, 0.29) is 24.0 Å². The average molecular weight is 338 g/mol. The van der Waals surface area contributed by atoms with Gasteiger partial charge in [0.15, 0.2) is 0 Å². The summed E-state index contributed by atoms with van der Waals surface area (Å²) in [7, 11) is 0. The van der Waals surface area contributed by atoms with Gasteiger partial charge in [0, 0.05) is 23.4 Å². The van der Waals surface area contributed by atoms with Crippen LogP contribution in [0.25, 0.3) is 0 Å². The van der Waals surface area contributed by atoms with E-state index in [2.05, 4.69) is 5.32 Å². The molecule has 25 heavy (non-hydrogen) atoms. The first-order valence-corrected chi connectivity index (χ1v) is 8.43. The molecule has 0 radical (unpaired) electrons. The second kappa shape index (κ2) is 7.49. The predicted molar refractivity (Wildman–Crippen MR) is 96.7 cm³/mol. The molecule has 130 valence electrons. The van der Waals surface area contributed by atoms with Crippen LogP contribution in [-0.2, 0) is 4.74 Å². The minimum atomic E-state index is -0.196. The minimum absolute atomic E-state index is 0.0299. The third-order valence-electron chi connectivity index (χ3n) is 4.29. The summed E-state index contributed by atoms with van der Waals surface area (Å²) in [5.41, 5.74) is 1.84. The molecule has 1 saturated heterocycles. The van der Waals surface area contributed by atoms with Crippen LogP contribution in [0.4, 0.5) is 5.69 Å². The topological polar surface area (TPSA) is 58.6 Å². The van der Waals surface area contributed by atoms with E-state index in [9.17, 15) is 9.59 Å². The number of amides is 2. The van der Waals surface area contributed by atoms with E-state index >= 15 is 0 Å². The van der Waals surface area contributed by atoms with Crippen LogP contribution < -0.4 is 5.32 Å². The Labute approximate surface area is 147 Å². The summed E-state index contributed by atoms with van der Waals surface area (Å²) in [4.78, 5) is 26.8. The number of carbonyl (C=O) groups is 2. The van der Waals surface area contributed by atoms with Gasteiger partial charge >= 0.3 is 0 Å². The van der Waals surface area contributed by atoms with Crippen LogP contribution in [0.2, 0.25) is 0 Å². The number of rotatable bonds is 3. The monoisotopic (exact) mass is 338 g/mol. The van der Waals surface area contributed by atoms with Gasteiger partial charge in [0.1, 0.15) is 0 Å². The standard InChI is InChI=1S/C20H22N2O3/c1-14-13-25-15(2)12-22(14)20(24)17-10-8-16(9-11-17)19(23)21-18-6-4-3-5-7-18/h3-11,14-15H,12-13H2,1-2H3,(H,21,23)/t14-,15-/m1/s1. The molecule has 5 nitrogen and oxygen atoms in total. The van der Waals surface area contributed by atoms with Crippen molar-refractivity contribution >= 4 is 17.5 Å². The van der Waals surface area contributed by atoms with Crippen molar-refractivity contribution < 1.29 is 14.3 Å². The lowest BCUT2D eigenvalue weighted by Crippen LogP contribution is -2.50. The highest BCUT2D eigenvalue weighted by Gasteiger charge is 2.28. The Morgan fingerprint density at radius 1 is 1.00 bits per heavy atom. The summed E-state index contributed by atoms with van der Waals surface area (Å²) in [6, 6.07) is 16.1. The number of hydrogen-bond acceptors (Lipinski definition) is 3. The summed E-state index contributed by atoms with van der Waals surface area (Å²) in [5.74, 6) is -0.226. The third-order valence-corrected chi connectivity index (χ3v) is 4.29. The summed E-state index contributed by atoms with van der Waals surface area (Å²) in [6.07, 6.45) is 0.0380. The number of morpholine rings is 1. The van der Waals surface area contributed by atoms with E-state index in [1.165, 1.54) is 0 Å². The highest BCUT2D eigenvalue weighted by atomic mass is 16.5. The Kier molecular flexibility index (Phi) is 5.14. The van der Waals surface area contributed by atoms with Crippen molar-refractivity contribution in [1.29, 1.82) is 0 Å². The van der Waals surface area contributed by atoms with Gasteiger partial charge in [0.05, 0.1) is 18.8 Å². The number of carbonyl (C=O) groups excluding carboxylic acids is 2. The fraction of sp³-hybridized carbons (Fsp3) is 0.300. The number of nitrogens with zero attached hydrogens (tertiary/aromatic N) is 1. The quantitative estimate of drug-likeness (QED) is 0.935. The Morgan fingerprint density at radius 2 is 1.64 bits per heavy atom. The minimum Gasteiger partial charge on any atom is -0.375 e. The van der Waals surface area contributed by atoms with Gasteiger partial charge in [-0.1, -0.05) is 18.2 Å². The SMILES string of the molecule is C[C@@H]1CN(C(=O)c2ccc(C(=O)Nc3ccccc3)cc2)[C@H](C)CO1. The molecule has 0 bridgehead atoms. The van der Waals surface area contributed by atoms with Crippen molar-refractivity contribution in [2.45, 2.75) is 26.0 Å². The number of para-hydroxylation sites is 1. The first-order valence-electron chi connectivity index (χ1n) is 8.43. The first-order chi connectivity index (χ1) is 12.0. The molecule has 0 aliphatic carbocycles. The molecule has 0 saturated carbocycles. The molecular weight excluding hydrogens is 316 g/mol. The molecule has 0 spiro atoms. The van der Waals surface area contributed by atoms with Gasteiger partial charge < -0.3 is 15.0 Å². The maximum Gasteiger partial charge on any atom is 0.255 e. The molecular formula is C20H22N2O3. The number of ether oxygens (including phenoxy) is 1. The second-order valence-corrected chi connectivity index (χ2v) is 6.35. The summed E-state index contributed by atoms with van der Waals surface area (Å²) in [5, 5.41) is 2.83. The number of anilines is 1. The number of nitrogens with one attached hydrogen (secondary N) is 1. The van der Waals surface area contributed by atoms with Crippen molar-refractivity contribution in [3.05, 3.63) is 65.7 Å². The maximum absolute atomic E-state index is 12.7. The van der Waals surface area contributed by atoms with Crippen molar-refractivity contribution in [3.63, 3.8) is 0 Å². The molecule has 5 heteroatoms. The Hall–Kier alpha value is -2.66.